The van der Waals surface area contributed by atoms with Crippen LogP contribution >= 0.6 is 11.3 Å². The van der Waals surface area contributed by atoms with Crippen LogP contribution in [0.25, 0.3) is 0 Å². The van der Waals surface area contributed by atoms with Crippen molar-refractivity contribution in [2.75, 3.05) is 19.7 Å². The highest BCUT2D eigenvalue weighted by atomic mass is 32.1. The van der Waals surface area contributed by atoms with Crippen LogP contribution in [0.1, 0.15) is 36.8 Å². The van der Waals surface area contributed by atoms with Gasteiger partial charge in [0.25, 0.3) is 0 Å². The summed E-state index contributed by atoms with van der Waals surface area (Å²) in [5.74, 6) is -0.107. The van der Waals surface area contributed by atoms with Gasteiger partial charge in [0.15, 0.2) is 0 Å². The monoisotopic (exact) mass is 253 g/mol. The lowest BCUT2D eigenvalue weighted by Gasteiger charge is -2.34. The second kappa shape index (κ2) is 5.65. The third kappa shape index (κ3) is 2.69. The second-order valence-electron chi connectivity index (χ2n) is 4.25. The van der Waals surface area contributed by atoms with Gasteiger partial charge in [0, 0.05) is 17.5 Å². The lowest BCUT2D eigenvalue weighted by Crippen LogP contribution is -2.38. The molecule has 1 aliphatic heterocycles. The van der Waals surface area contributed by atoms with Gasteiger partial charge in [-0.05, 0) is 36.8 Å². The van der Waals surface area contributed by atoms with Gasteiger partial charge in [-0.2, -0.15) is 0 Å². The van der Waals surface area contributed by atoms with E-state index in [2.05, 4.69) is 23.3 Å². The van der Waals surface area contributed by atoms with Gasteiger partial charge in [-0.1, -0.05) is 6.92 Å². The first-order valence-electron chi connectivity index (χ1n) is 6.22. The number of carbonyl (C=O) groups excluding carboxylic acids is 1. The maximum atomic E-state index is 11.6. The van der Waals surface area contributed by atoms with E-state index in [4.69, 9.17) is 4.74 Å². The number of hydrogen-bond acceptors (Lipinski definition) is 4. The van der Waals surface area contributed by atoms with E-state index in [0.717, 1.165) is 19.4 Å². The van der Waals surface area contributed by atoms with E-state index in [1.54, 1.807) is 0 Å². The predicted molar refractivity (Wildman–Crippen MR) is 69.3 cm³/mol. The normalized spacial score (nSPS) is 20.0. The third-order valence-corrected chi connectivity index (χ3v) is 4.23. The van der Waals surface area contributed by atoms with E-state index in [1.807, 2.05) is 18.3 Å². The van der Waals surface area contributed by atoms with Crippen LogP contribution < -0.4 is 0 Å². The summed E-state index contributed by atoms with van der Waals surface area (Å²) in [5, 5.41) is 2.15. The van der Waals surface area contributed by atoms with Gasteiger partial charge < -0.3 is 4.74 Å². The van der Waals surface area contributed by atoms with Crippen molar-refractivity contribution in [1.82, 2.24) is 4.90 Å². The van der Waals surface area contributed by atoms with Gasteiger partial charge in [-0.3, -0.25) is 9.69 Å². The van der Waals surface area contributed by atoms with Crippen molar-refractivity contribution in [2.45, 2.75) is 32.7 Å². The average Bonchev–Trinajstić information content (AvgIpc) is 2.77. The Balaban J connectivity index is 2.07. The van der Waals surface area contributed by atoms with Crippen molar-refractivity contribution in [3.8, 4) is 0 Å². The molecule has 94 valence electrons. The van der Waals surface area contributed by atoms with E-state index in [0.29, 0.717) is 19.2 Å². The van der Waals surface area contributed by atoms with Crippen LogP contribution in [0.3, 0.4) is 0 Å². The molecule has 2 rings (SSSR count). The summed E-state index contributed by atoms with van der Waals surface area (Å²) < 4.78 is 5.03. The van der Waals surface area contributed by atoms with Crippen LogP contribution in [0.15, 0.2) is 11.4 Å². The Morgan fingerprint density at radius 1 is 1.59 bits per heavy atom. The molecule has 17 heavy (non-hydrogen) atoms. The number of rotatable bonds is 4. The molecular formula is C13H19NO2S. The Hall–Kier alpha value is -0.870. The zero-order chi connectivity index (χ0) is 12.3. The molecule has 0 aromatic carbocycles. The van der Waals surface area contributed by atoms with E-state index in [-0.39, 0.29) is 5.97 Å². The maximum absolute atomic E-state index is 11.6. The fraction of sp³-hybridized carbons (Fsp3) is 0.615. The van der Waals surface area contributed by atoms with Crippen molar-refractivity contribution < 1.29 is 9.53 Å². The number of nitrogens with zero attached hydrogens (tertiary/aromatic N) is 1. The van der Waals surface area contributed by atoms with Gasteiger partial charge in [-0.15, -0.1) is 11.3 Å². The van der Waals surface area contributed by atoms with Crippen LogP contribution in [-0.4, -0.2) is 30.6 Å². The van der Waals surface area contributed by atoms with E-state index in [1.165, 1.54) is 10.4 Å². The zero-order valence-electron chi connectivity index (χ0n) is 10.4. The van der Waals surface area contributed by atoms with E-state index < -0.39 is 0 Å². The standard InChI is InChI=1S/C13H19NO2S/c1-3-11-10-6-8-17-12(10)5-7-14(11)9-13(15)16-4-2/h6,8,11H,3-5,7,9H2,1-2H3. The molecule has 4 heteroatoms. The molecule has 0 N–H and O–H groups in total. The Labute approximate surface area is 106 Å². The van der Waals surface area contributed by atoms with Crippen molar-refractivity contribution in [2.24, 2.45) is 0 Å². The number of esters is 1. The van der Waals surface area contributed by atoms with Gasteiger partial charge in [0.2, 0.25) is 0 Å². The van der Waals surface area contributed by atoms with Crippen molar-refractivity contribution in [1.29, 1.82) is 0 Å². The molecule has 0 fully saturated rings. The zero-order valence-corrected chi connectivity index (χ0v) is 11.3. The fourth-order valence-corrected chi connectivity index (χ4v) is 3.42. The molecule has 0 amide bonds. The third-order valence-electron chi connectivity index (χ3n) is 3.23. The predicted octanol–water partition coefficient (Wildman–Crippen LogP) is 2.62. The summed E-state index contributed by atoms with van der Waals surface area (Å²) in [6.45, 7) is 5.87. The molecule has 0 aliphatic carbocycles. The molecule has 3 nitrogen and oxygen atoms in total. The smallest absolute Gasteiger partial charge is 0.320 e. The van der Waals surface area contributed by atoms with Crippen molar-refractivity contribution >= 4 is 17.3 Å². The quantitative estimate of drug-likeness (QED) is 0.773. The molecule has 1 unspecified atom stereocenters. The molecule has 0 saturated heterocycles. The summed E-state index contributed by atoms with van der Waals surface area (Å²) in [5.41, 5.74) is 1.41. The highest BCUT2D eigenvalue weighted by Crippen LogP contribution is 2.34. The molecule has 0 spiro atoms. The highest BCUT2D eigenvalue weighted by molar-refractivity contribution is 7.10. The van der Waals surface area contributed by atoms with Crippen molar-refractivity contribution in [3.05, 3.63) is 21.9 Å². The minimum Gasteiger partial charge on any atom is -0.465 e. The van der Waals surface area contributed by atoms with Gasteiger partial charge >= 0.3 is 5.97 Å². The number of carbonyl (C=O) groups is 1. The van der Waals surface area contributed by atoms with Crippen molar-refractivity contribution in [3.63, 3.8) is 0 Å². The van der Waals surface area contributed by atoms with E-state index in [9.17, 15) is 4.79 Å². The fourth-order valence-electron chi connectivity index (χ4n) is 2.49. The molecule has 0 saturated carbocycles. The molecule has 2 heterocycles. The maximum Gasteiger partial charge on any atom is 0.320 e. The minimum atomic E-state index is -0.107. The van der Waals surface area contributed by atoms with Gasteiger partial charge in [-0.25, -0.2) is 0 Å². The molecule has 0 radical (unpaired) electrons. The largest absolute Gasteiger partial charge is 0.465 e. The molecule has 1 aromatic rings. The first-order chi connectivity index (χ1) is 8.26. The Kier molecular flexibility index (Phi) is 4.18. The summed E-state index contributed by atoms with van der Waals surface area (Å²) in [4.78, 5) is 15.3. The molecule has 1 aliphatic rings. The average molecular weight is 253 g/mol. The lowest BCUT2D eigenvalue weighted by atomic mass is 9.98. The SMILES string of the molecule is CCOC(=O)CN1CCc2sccc2C1CC. The van der Waals surface area contributed by atoms with Crippen LogP contribution in [0.2, 0.25) is 0 Å². The van der Waals surface area contributed by atoms with E-state index >= 15 is 0 Å². The van der Waals surface area contributed by atoms with Crippen LogP contribution in [0.5, 0.6) is 0 Å². The Bertz CT molecular complexity index is 389. The number of fused-ring (bicyclic) bond motifs is 1. The minimum absolute atomic E-state index is 0.107. The topological polar surface area (TPSA) is 29.5 Å². The lowest BCUT2D eigenvalue weighted by molar-refractivity contribution is -0.145. The number of ether oxygens (including phenoxy) is 1. The number of hydrogen-bond donors (Lipinski definition) is 0. The van der Waals surface area contributed by atoms with Gasteiger partial charge in [0.05, 0.1) is 13.2 Å². The summed E-state index contributed by atoms with van der Waals surface area (Å²) in [6, 6.07) is 2.58. The summed E-state index contributed by atoms with van der Waals surface area (Å²) in [7, 11) is 0. The number of thiophene rings is 1. The van der Waals surface area contributed by atoms with Gasteiger partial charge in [0.1, 0.15) is 0 Å². The molecular weight excluding hydrogens is 234 g/mol. The molecule has 1 aromatic heterocycles. The molecule has 0 bridgehead atoms. The van der Waals surface area contributed by atoms with Crippen LogP contribution in [-0.2, 0) is 16.0 Å². The first-order valence-corrected chi connectivity index (χ1v) is 7.10. The Morgan fingerprint density at radius 3 is 3.12 bits per heavy atom. The Morgan fingerprint density at radius 2 is 2.41 bits per heavy atom. The highest BCUT2D eigenvalue weighted by Gasteiger charge is 2.28. The first kappa shape index (κ1) is 12.6. The molecule has 1 atom stereocenters. The van der Waals surface area contributed by atoms with Crippen LogP contribution in [0.4, 0.5) is 0 Å². The summed E-state index contributed by atoms with van der Waals surface area (Å²) in [6.07, 6.45) is 2.10. The summed E-state index contributed by atoms with van der Waals surface area (Å²) >= 11 is 1.83. The van der Waals surface area contributed by atoms with Crippen LogP contribution in [0, 0.1) is 0 Å². The second-order valence-corrected chi connectivity index (χ2v) is 5.25.